The number of amides is 2. The third-order valence-corrected chi connectivity index (χ3v) is 3.41. The molecule has 23 heavy (non-hydrogen) atoms. The van der Waals surface area contributed by atoms with Gasteiger partial charge in [0.25, 0.3) is 0 Å². The molecular formula is C15H15FN6O. The van der Waals surface area contributed by atoms with Crippen molar-refractivity contribution >= 4 is 28.6 Å². The second-order valence-corrected chi connectivity index (χ2v) is 5.10. The Balaban J connectivity index is 1.68. The molecule has 0 unspecified atom stereocenters. The first kappa shape index (κ1) is 14.8. The Hall–Kier alpha value is -3.16. The number of nitrogens with zero attached hydrogens (tertiary/aromatic N) is 2. The van der Waals surface area contributed by atoms with E-state index < -0.39 is 6.03 Å². The molecule has 0 fully saturated rings. The van der Waals surface area contributed by atoms with Gasteiger partial charge < -0.3 is 11.1 Å². The van der Waals surface area contributed by atoms with Crippen LogP contribution in [0.15, 0.2) is 36.5 Å². The number of nitrogens with one attached hydrogen (secondary N) is 3. The Morgan fingerprint density at radius 3 is 3.00 bits per heavy atom. The van der Waals surface area contributed by atoms with Crippen LogP contribution in [0.2, 0.25) is 0 Å². The molecule has 1 aromatic carbocycles. The number of fused-ring (bicyclic) bond motifs is 1. The molecule has 0 spiro atoms. The molecule has 3 rings (SSSR count). The highest BCUT2D eigenvalue weighted by atomic mass is 19.1. The van der Waals surface area contributed by atoms with E-state index in [4.69, 9.17) is 5.73 Å². The number of anilines is 2. The van der Waals surface area contributed by atoms with E-state index in [2.05, 4.69) is 25.8 Å². The van der Waals surface area contributed by atoms with E-state index in [0.717, 1.165) is 0 Å². The van der Waals surface area contributed by atoms with E-state index in [9.17, 15) is 9.18 Å². The number of aromatic amines is 1. The molecule has 2 amide bonds. The number of aromatic nitrogens is 3. The van der Waals surface area contributed by atoms with Gasteiger partial charge in [-0.1, -0.05) is 12.1 Å². The lowest BCUT2D eigenvalue weighted by Crippen LogP contribution is -2.31. The van der Waals surface area contributed by atoms with Crippen LogP contribution in [0.1, 0.15) is 18.5 Å². The van der Waals surface area contributed by atoms with Gasteiger partial charge in [-0.25, -0.2) is 14.2 Å². The summed E-state index contributed by atoms with van der Waals surface area (Å²) >= 11 is 0. The molecule has 7 nitrogen and oxygen atoms in total. The summed E-state index contributed by atoms with van der Waals surface area (Å²) < 4.78 is 13.2. The molecule has 0 saturated heterocycles. The molecule has 0 saturated carbocycles. The van der Waals surface area contributed by atoms with E-state index in [1.54, 1.807) is 25.1 Å². The van der Waals surface area contributed by atoms with Crippen molar-refractivity contribution in [1.82, 2.24) is 20.5 Å². The number of rotatable bonds is 3. The zero-order valence-corrected chi connectivity index (χ0v) is 12.3. The zero-order valence-electron chi connectivity index (χ0n) is 12.3. The van der Waals surface area contributed by atoms with Crippen LogP contribution in [0.5, 0.6) is 0 Å². The number of nitrogen functional groups attached to an aromatic ring is 1. The van der Waals surface area contributed by atoms with E-state index in [1.165, 1.54) is 18.3 Å². The fourth-order valence-corrected chi connectivity index (χ4v) is 2.21. The van der Waals surface area contributed by atoms with Crippen molar-refractivity contribution in [3.05, 3.63) is 47.9 Å². The van der Waals surface area contributed by atoms with Crippen molar-refractivity contribution in [2.75, 3.05) is 11.1 Å². The van der Waals surface area contributed by atoms with Gasteiger partial charge >= 0.3 is 6.03 Å². The second-order valence-electron chi connectivity index (χ2n) is 5.10. The average molecular weight is 314 g/mol. The third kappa shape index (κ3) is 3.20. The molecule has 0 bridgehead atoms. The van der Waals surface area contributed by atoms with Gasteiger partial charge in [-0.05, 0) is 24.6 Å². The first-order chi connectivity index (χ1) is 11.0. The van der Waals surface area contributed by atoms with Gasteiger partial charge in [-0.2, -0.15) is 5.10 Å². The van der Waals surface area contributed by atoms with Crippen LogP contribution in [-0.4, -0.2) is 21.2 Å². The summed E-state index contributed by atoms with van der Waals surface area (Å²) in [5.74, 6) is 0.355. The predicted octanol–water partition coefficient (Wildman–Crippen LogP) is 2.56. The summed E-state index contributed by atoms with van der Waals surface area (Å²) in [4.78, 5) is 16.1. The van der Waals surface area contributed by atoms with E-state index in [0.29, 0.717) is 28.1 Å². The molecule has 0 aliphatic heterocycles. The van der Waals surface area contributed by atoms with E-state index >= 15 is 0 Å². The maximum Gasteiger partial charge on any atom is 0.320 e. The van der Waals surface area contributed by atoms with Gasteiger partial charge in [0.1, 0.15) is 11.6 Å². The molecule has 2 aromatic heterocycles. The van der Waals surface area contributed by atoms with Gasteiger partial charge in [0.05, 0.1) is 16.9 Å². The number of carbonyl (C=O) groups is 1. The van der Waals surface area contributed by atoms with Gasteiger partial charge in [0.15, 0.2) is 5.82 Å². The second kappa shape index (κ2) is 5.91. The van der Waals surface area contributed by atoms with Gasteiger partial charge in [-0.3, -0.25) is 10.4 Å². The van der Waals surface area contributed by atoms with Crippen LogP contribution < -0.4 is 16.4 Å². The SMILES string of the molecule is C[C@@H](NC(=O)Nc1cc2[nH]nc(N)c2cn1)c1cccc(F)c1. The van der Waals surface area contributed by atoms with Gasteiger partial charge in [0, 0.05) is 12.3 Å². The minimum Gasteiger partial charge on any atom is -0.382 e. The number of benzene rings is 1. The number of H-pyrrole nitrogens is 1. The van der Waals surface area contributed by atoms with Crippen molar-refractivity contribution in [3.63, 3.8) is 0 Å². The average Bonchev–Trinajstić information content (AvgIpc) is 2.88. The standard InChI is InChI=1S/C15H15FN6O/c1-8(9-3-2-4-10(16)5-9)19-15(23)20-13-6-12-11(7-18-13)14(17)22-21-12/h2-8H,1H3,(H3,17,21,22)(H2,18,19,20,23)/t8-/m1/s1. The molecule has 1 atom stereocenters. The molecule has 8 heteroatoms. The number of nitrogens with two attached hydrogens (primary N) is 1. The fourth-order valence-electron chi connectivity index (χ4n) is 2.21. The van der Waals surface area contributed by atoms with Crippen molar-refractivity contribution < 1.29 is 9.18 Å². The predicted molar refractivity (Wildman–Crippen MR) is 85.3 cm³/mol. The molecule has 3 aromatic rings. The highest BCUT2D eigenvalue weighted by Crippen LogP contribution is 2.19. The van der Waals surface area contributed by atoms with Crippen molar-refractivity contribution in [1.29, 1.82) is 0 Å². The van der Waals surface area contributed by atoms with Crippen LogP contribution in [0.25, 0.3) is 10.9 Å². The quantitative estimate of drug-likeness (QED) is 0.595. The molecule has 0 radical (unpaired) electrons. The zero-order chi connectivity index (χ0) is 16.4. The lowest BCUT2D eigenvalue weighted by molar-refractivity contribution is 0.249. The highest BCUT2D eigenvalue weighted by molar-refractivity contribution is 5.93. The van der Waals surface area contributed by atoms with Gasteiger partial charge in [0.2, 0.25) is 0 Å². The Morgan fingerprint density at radius 1 is 1.39 bits per heavy atom. The Morgan fingerprint density at radius 2 is 2.22 bits per heavy atom. The largest absolute Gasteiger partial charge is 0.382 e. The highest BCUT2D eigenvalue weighted by Gasteiger charge is 2.11. The van der Waals surface area contributed by atoms with Crippen molar-refractivity contribution in [3.8, 4) is 0 Å². The van der Waals surface area contributed by atoms with E-state index in [1.807, 2.05) is 0 Å². The molecule has 118 valence electrons. The number of pyridine rings is 1. The first-order valence-electron chi connectivity index (χ1n) is 6.95. The Kier molecular flexibility index (Phi) is 3.80. The molecule has 0 aliphatic carbocycles. The molecule has 2 heterocycles. The lowest BCUT2D eigenvalue weighted by Gasteiger charge is -2.14. The number of hydrogen-bond donors (Lipinski definition) is 4. The summed E-state index contributed by atoms with van der Waals surface area (Å²) in [6, 6.07) is 6.91. The van der Waals surface area contributed by atoms with Crippen LogP contribution >= 0.6 is 0 Å². The van der Waals surface area contributed by atoms with Crippen LogP contribution in [0.3, 0.4) is 0 Å². The molecule has 0 aliphatic rings. The van der Waals surface area contributed by atoms with Gasteiger partial charge in [-0.15, -0.1) is 0 Å². The van der Waals surface area contributed by atoms with Crippen LogP contribution in [0, 0.1) is 5.82 Å². The lowest BCUT2D eigenvalue weighted by atomic mass is 10.1. The van der Waals surface area contributed by atoms with Crippen molar-refractivity contribution in [2.45, 2.75) is 13.0 Å². The Labute approximate surface area is 131 Å². The van der Waals surface area contributed by atoms with Crippen molar-refractivity contribution in [2.24, 2.45) is 0 Å². The third-order valence-electron chi connectivity index (χ3n) is 3.41. The normalized spacial score (nSPS) is 12.1. The summed E-state index contributed by atoms with van der Waals surface area (Å²) in [7, 11) is 0. The number of halogens is 1. The van der Waals surface area contributed by atoms with Crippen LogP contribution in [0.4, 0.5) is 20.8 Å². The maximum absolute atomic E-state index is 13.2. The smallest absolute Gasteiger partial charge is 0.320 e. The van der Waals surface area contributed by atoms with Crippen LogP contribution in [-0.2, 0) is 0 Å². The summed E-state index contributed by atoms with van der Waals surface area (Å²) in [6.07, 6.45) is 1.53. The molecular weight excluding hydrogens is 299 g/mol. The summed E-state index contributed by atoms with van der Waals surface area (Å²) in [6.45, 7) is 1.76. The first-order valence-corrected chi connectivity index (χ1v) is 6.95. The maximum atomic E-state index is 13.2. The topological polar surface area (TPSA) is 109 Å². The fraction of sp³-hybridized carbons (Fsp3) is 0.133. The Bertz CT molecular complexity index is 862. The monoisotopic (exact) mass is 314 g/mol. The number of carbonyl (C=O) groups excluding carboxylic acids is 1. The minimum absolute atomic E-state index is 0.347. The summed E-state index contributed by atoms with van der Waals surface area (Å²) in [5, 5.41) is 12.6. The number of hydrogen-bond acceptors (Lipinski definition) is 4. The number of urea groups is 1. The molecule has 5 N–H and O–H groups in total. The van der Waals surface area contributed by atoms with E-state index in [-0.39, 0.29) is 11.9 Å². The minimum atomic E-state index is -0.443. The summed E-state index contributed by atoms with van der Waals surface area (Å²) in [5.41, 5.74) is 7.00.